The molecule has 1 heterocycles. The van der Waals surface area contributed by atoms with E-state index in [0.717, 1.165) is 17.2 Å². The summed E-state index contributed by atoms with van der Waals surface area (Å²) in [5.41, 5.74) is 6.39. The minimum absolute atomic E-state index is 0.109. The Bertz CT molecular complexity index is 607. The monoisotopic (exact) mass is 283 g/mol. The minimum atomic E-state index is -0.117. The molecule has 0 saturated carbocycles. The van der Waals surface area contributed by atoms with Crippen molar-refractivity contribution in [3.8, 4) is 11.5 Å². The van der Waals surface area contributed by atoms with Crippen molar-refractivity contribution in [2.45, 2.75) is 6.04 Å². The molecule has 5 nitrogen and oxygen atoms in total. The van der Waals surface area contributed by atoms with Crippen LogP contribution in [0.4, 0.5) is 10.5 Å². The molecule has 2 aromatic rings. The molecule has 1 aliphatic rings. The topological polar surface area (TPSA) is 67.6 Å². The Morgan fingerprint density at radius 1 is 1.05 bits per heavy atom. The lowest BCUT2D eigenvalue weighted by atomic mass is 10.1. The number of benzene rings is 2. The second-order valence-electron chi connectivity index (χ2n) is 5.03. The predicted octanol–water partition coefficient (Wildman–Crippen LogP) is 2.65. The highest BCUT2D eigenvalue weighted by Gasteiger charge is 2.27. The zero-order chi connectivity index (χ0) is 14.7. The van der Waals surface area contributed by atoms with Crippen LogP contribution >= 0.6 is 0 Å². The first-order valence-corrected chi connectivity index (χ1v) is 6.85. The van der Waals surface area contributed by atoms with Gasteiger partial charge in [-0.1, -0.05) is 18.2 Å². The van der Waals surface area contributed by atoms with Gasteiger partial charge in [0.15, 0.2) is 0 Å². The van der Waals surface area contributed by atoms with Gasteiger partial charge in [-0.3, -0.25) is 0 Å². The van der Waals surface area contributed by atoms with E-state index in [0.29, 0.717) is 13.1 Å². The number of nitrogens with two attached hydrogens (primary N) is 1. The van der Waals surface area contributed by atoms with E-state index in [2.05, 4.69) is 5.32 Å². The standard InChI is InChI=1S/C16H17N3O2/c17-12-10-19(11-12)16(20)18-13-6-8-15(9-7-13)21-14-4-2-1-3-5-14/h1-9,12H,10-11,17H2,(H,18,20). The summed E-state index contributed by atoms with van der Waals surface area (Å²) in [6, 6.07) is 16.8. The van der Waals surface area contributed by atoms with Crippen LogP contribution in [0.25, 0.3) is 0 Å². The van der Waals surface area contributed by atoms with Gasteiger partial charge < -0.3 is 20.7 Å². The van der Waals surface area contributed by atoms with Gasteiger partial charge in [-0.2, -0.15) is 0 Å². The summed E-state index contributed by atoms with van der Waals surface area (Å²) in [6.07, 6.45) is 0. The molecule has 0 bridgehead atoms. The predicted molar refractivity (Wildman–Crippen MR) is 81.5 cm³/mol. The van der Waals surface area contributed by atoms with E-state index in [9.17, 15) is 4.79 Å². The largest absolute Gasteiger partial charge is 0.457 e. The van der Waals surface area contributed by atoms with Crippen LogP contribution in [-0.2, 0) is 0 Å². The lowest BCUT2D eigenvalue weighted by molar-refractivity contribution is 0.165. The summed E-state index contributed by atoms with van der Waals surface area (Å²) in [7, 11) is 0. The van der Waals surface area contributed by atoms with E-state index in [-0.39, 0.29) is 12.1 Å². The van der Waals surface area contributed by atoms with E-state index in [1.165, 1.54) is 0 Å². The van der Waals surface area contributed by atoms with Gasteiger partial charge in [-0.05, 0) is 36.4 Å². The van der Waals surface area contributed by atoms with Crippen molar-refractivity contribution in [2.75, 3.05) is 18.4 Å². The number of hydrogen-bond acceptors (Lipinski definition) is 3. The molecule has 1 aliphatic heterocycles. The highest BCUT2D eigenvalue weighted by Crippen LogP contribution is 2.22. The molecule has 0 spiro atoms. The highest BCUT2D eigenvalue weighted by atomic mass is 16.5. The number of para-hydroxylation sites is 1. The minimum Gasteiger partial charge on any atom is -0.457 e. The van der Waals surface area contributed by atoms with Crippen molar-refractivity contribution in [2.24, 2.45) is 5.73 Å². The molecule has 1 saturated heterocycles. The van der Waals surface area contributed by atoms with Gasteiger partial charge in [0.1, 0.15) is 11.5 Å². The van der Waals surface area contributed by atoms with Gasteiger partial charge in [0.25, 0.3) is 0 Å². The fourth-order valence-corrected chi connectivity index (χ4v) is 2.11. The Morgan fingerprint density at radius 2 is 1.67 bits per heavy atom. The van der Waals surface area contributed by atoms with E-state index < -0.39 is 0 Å². The van der Waals surface area contributed by atoms with Crippen molar-refractivity contribution in [1.29, 1.82) is 0 Å². The van der Waals surface area contributed by atoms with Gasteiger partial charge in [0.05, 0.1) is 0 Å². The Kier molecular flexibility index (Phi) is 3.75. The Morgan fingerprint density at radius 3 is 2.29 bits per heavy atom. The highest BCUT2D eigenvalue weighted by molar-refractivity contribution is 5.90. The van der Waals surface area contributed by atoms with Crippen LogP contribution < -0.4 is 15.8 Å². The quantitative estimate of drug-likeness (QED) is 0.910. The van der Waals surface area contributed by atoms with Crippen molar-refractivity contribution in [3.63, 3.8) is 0 Å². The maximum atomic E-state index is 11.8. The molecule has 3 N–H and O–H groups in total. The second kappa shape index (κ2) is 5.85. The SMILES string of the molecule is NC1CN(C(=O)Nc2ccc(Oc3ccccc3)cc2)C1. The molecule has 21 heavy (non-hydrogen) atoms. The lowest BCUT2D eigenvalue weighted by Gasteiger charge is -2.36. The number of rotatable bonds is 3. The summed E-state index contributed by atoms with van der Waals surface area (Å²) >= 11 is 0. The second-order valence-corrected chi connectivity index (χ2v) is 5.03. The van der Waals surface area contributed by atoms with Gasteiger partial charge in [0.2, 0.25) is 0 Å². The van der Waals surface area contributed by atoms with Gasteiger partial charge in [-0.25, -0.2) is 4.79 Å². The number of hydrogen-bond donors (Lipinski definition) is 2. The van der Waals surface area contributed by atoms with Crippen molar-refractivity contribution >= 4 is 11.7 Å². The first-order chi connectivity index (χ1) is 10.2. The van der Waals surface area contributed by atoms with Crippen LogP contribution in [0, 0.1) is 0 Å². The van der Waals surface area contributed by atoms with Gasteiger partial charge in [0, 0.05) is 24.8 Å². The molecule has 0 radical (unpaired) electrons. The number of ether oxygens (including phenoxy) is 1. The molecule has 0 unspecified atom stereocenters. The smallest absolute Gasteiger partial charge is 0.321 e. The van der Waals surface area contributed by atoms with Crippen LogP contribution in [-0.4, -0.2) is 30.1 Å². The van der Waals surface area contributed by atoms with Crippen molar-refractivity contribution < 1.29 is 9.53 Å². The summed E-state index contributed by atoms with van der Waals surface area (Å²) in [5, 5.41) is 2.83. The van der Waals surface area contributed by atoms with Gasteiger partial charge in [-0.15, -0.1) is 0 Å². The first-order valence-electron chi connectivity index (χ1n) is 6.85. The third-order valence-corrected chi connectivity index (χ3v) is 3.28. The van der Waals surface area contributed by atoms with Gasteiger partial charge >= 0.3 is 6.03 Å². The van der Waals surface area contributed by atoms with Crippen LogP contribution in [0.1, 0.15) is 0 Å². The van der Waals surface area contributed by atoms with Crippen LogP contribution in [0.15, 0.2) is 54.6 Å². The molecule has 0 atom stereocenters. The third-order valence-electron chi connectivity index (χ3n) is 3.28. The van der Waals surface area contributed by atoms with Crippen LogP contribution in [0.3, 0.4) is 0 Å². The average Bonchev–Trinajstić information content (AvgIpc) is 2.47. The molecular weight excluding hydrogens is 266 g/mol. The van der Waals surface area contributed by atoms with E-state index in [1.807, 2.05) is 54.6 Å². The molecule has 108 valence electrons. The first kappa shape index (κ1) is 13.5. The van der Waals surface area contributed by atoms with Crippen LogP contribution in [0.5, 0.6) is 11.5 Å². The Balaban J connectivity index is 1.58. The Hall–Kier alpha value is -2.53. The molecule has 1 fully saturated rings. The lowest BCUT2D eigenvalue weighted by Crippen LogP contribution is -2.58. The number of nitrogens with one attached hydrogen (secondary N) is 1. The molecule has 2 amide bonds. The molecule has 3 rings (SSSR count). The van der Waals surface area contributed by atoms with Crippen molar-refractivity contribution in [1.82, 2.24) is 4.90 Å². The Labute approximate surface area is 123 Å². The number of carbonyl (C=O) groups excluding carboxylic acids is 1. The zero-order valence-corrected chi connectivity index (χ0v) is 11.5. The summed E-state index contributed by atoms with van der Waals surface area (Å²) in [6.45, 7) is 1.22. The average molecular weight is 283 g/mol. The third kappa shape index (κ3) is 3.32. The maximum Gasteiger partial charge on any atom is 0.321 e. The normalized spacial score (nSPS) is 14.4. The maximum absolute atomic E-state index is 11.8. The zero-order valence-electron chi connectivity index (χ0n) is 11.5. The van der Waals surface area contributed by atoms with Crippen LogP contribution in [0.2, 0.25) is 0 Å². The van der Waals surface area contributed by atoms with E-state index in [4.69, 9.17) is 10.5 Å². The number of urea groups is 1. The molecule has 5 heteroatoms. The molecule has 0 aliphatic carbocycles. The summed E-state index contributed by atoms with van der Waals surface area (Å²) in [5.74, 6) is 1.51. The number of nitrogens with zero attached hydrogens (tertiary/aromatic N) is 1. The molecule has 2 aromatic carbocycles. The molecule has 0 aromatic heterocycles. The number of anilines is 1. The summed E-state index contributed by atoms with van der Waals surface area (Å²) in [4.78, 5) is 13.5. The fraction of sp³-hybridized carbons (Fsp3) is 0.188. The number of carbonyl (C=O) groups is 1. The number of amides is 2. The van der Waals surface area contributed by atoms with E-state index >= 15 is 0 Å². The summed E-state index contributed by atoms with van der Waals surface area (Å²) < 4.78 is 5.69. The van der Waals surface area contributed by atoms with Crippen molar-refractivity contribution in [3.05, 3.63) is 54.6 Å². The van der Waals surface area contributed by atoms with E-state index in [1.54, 1.807) is 4.90 Å². The molecular formula is C16H17N3O2. The number of likely N-dealkylation sites (tertiary alicyclic amines) is 1. The fourth-order valence-electron chi connectivity index (χ4n) is 2.11.